The van der Waals surface area contributed by atoms with E-state index in [1.54, 1.807) is 0 Å². The van der Waals surface area contributed by atoms with E-state index < -0.39 is 0 Å². The fourth-order valence-corrected chi connectivity index (χ4v) is 3.33. The van der Waals surface area contributed by atoms with Gasteiger partial charge in [-0.2, -0.15) is 0 Å². The second kappa shape index (κ2) is 8.47. The number of thioether (sulfide) groups is 1. The van der Waals surface area contributed by atoms with Gasteiger partial charge in [-0.05, 0) is 49.7 Å². The van der Waals surface area contributed by atoms with Crippen LogP contribution in [0.5, 0.6) is 0 Å². The molecule has 0 bridgehead atoms. The second-order valence-corrected chi connectivity index (χ2v) is 6.72. The van der Waals surface area contributed by atoms with Crippen molar-refractivity contribution in [3.05, 3.63) is 64.7 Å². The van der Waals surface area contributed by atoms with Crippen molar-refractivity contribution >= 4 is 23.4 Å². The maximum absolute atomic E-state index is 6.12. The van der Waals surface area contributed by atoms with Gasteiger partial charge in [-0.3, -0.25) is 0 Å². The number of rotatable bonds is 7. The monoisotopic (exact) mass is 319 g/mol. The maximum Gasteiger partial charge on any atom is 0.0415 e. The first kappa shape index (κ1) is 16.4. The normalized spacial score (nSPS) is 12.3. The molecule has 0 aromatic heterocycles. The van der Waals surface area contributed by atoms with Crippen molar-refractivity contribution in [2.45, 2.75) is 31.2 Å². The molecule has 1 atom stereocenters. The number of benzene rings is 2. The predicted molar refractivity (Wildman–Crippen MR) is 94.4 cm³/mol. The number of hydrogen-bond acceptors (Lipinski definition) is 2. The summed E-state index contributed by atoms with van der Waals surface area (Å²) in [6, 6.07) is 17.2. The third-order valence-corrected chi connectivity index (χ3v) is 4.67. The van der Waals surface area contributed by atoms with Gasteiger partial charge in [-0.25, -0.2) is 0 Å². The SMILES string of the molecule is CCCNC(CSc1ccc(C)cc1)c1cccc(Cl)c1. The molecule has 112 valence electrons. The molecule has 2 aromatic carbocycles. The summed E-state index contributed by atoms with van der Waals surface area (Å²) >= 11 is 8.01. The zero-order valence-corrected chi connectivity index (χ0v) is 14.2. The zero-order valence-electron chi connectivity index (χ0n) is 12.6. The lowest BCUT2D eigenvalue weighted by molar-refractivity contribution is 0.577. The Labute approximate surface area is 137 Å². The van der Waals surface area contributed by atoms with Crippen LogP contribution >= 0.6 is 23.4 Å². The number of aryl methyl sites for hydroxylation is 1. The molecule has 1 nitrogen and oxygen atoms in total. The van der Waals surface area contributed by atoms with Crippen LogP contribution in [0.25, 0.3) is 0 Å². The molecule has 0 spiro atoms. The number of halogens is 1. The van der Waals surface area contributed by atoms with Gasteiger partial charge in [-0.15, -0.1) is 11.8 Å². The summed E-state index contributed by atoms with van der Waals surface area (Å²) in [5, 5.41) is 4.42. The molecule has 21 heavy (non-hydrogen) atoms. The highest BCUT2D eigenvalue weighted by molar-refractivity contribution is 7.99. The highest BCUT2D eigenvalue weighted by Crippen LogP contribution is 2.26. The number of hydrogen-bond donors (Lipinski definition) is 1. The van der Waals surface area contributed by atoms with Crippen LogP contribution in [0.4, 0.5) is 0 Å². The summed E-state index contributed by atoms with van der Waals surface area (Å²) in [6.07, 6.45) is 1.13. The van der Waals surface area contributed by atoms with E-state index in [0.29, 0.717) is 6.04 Å². The fraction of sp³-hybridized carbons (Fsp3) is 0.333. The van der Waals surface area contributed by atoms with Crippen molar-refractivity contribution in [1.82, 2.24) is 5.32 Å². The molecule has 0 amide bonds. The molecule has 0 heterocycles. The topological polar surface area (TPSA) is 12.0 Å². The summed E-state index contributed by atoms with van der Waals surface area (Å²) in [7, 11) is 0. The van der Waals surface area contributed by atoms with Gasteiger partial charge >= 0.3 is 0 Å². The minimum absolute atomic E-state index is 0.329. The third-order valence-electron chi connectivity index (χ3n) is 3.33. The average molecular weight is 320 g/mol. The van der Waals surface area contributed by atoms with Gasteiger partial charge in [0.15, 0.2) is 0 Å². The molecule has 1 N–H and O–H groups in total. The maximum atomic E-state index is 6.12. The van der Waals surface area contributed by atoms with Crippen molar-refractivity contribution < 1.29 is 0 Å². The lowest BCUT2D eigenvalue weighted by Crippen LogP contribution is -2.24. The first-order chi connectivity index (χ1) is 10.2. The molecule has 0 fully saturated rings. The third kappa shape index (κ3) is 5.39. The predicted octanol–water partition coefficient (Wildman–Crippen LogP) is 5.48. The number of nitrogens with one attached hydrogen (secondary N) is 1. The van der Waals surface area contributed by atoms with Crippen molar-refractivity contribution in [2.75, 3.05) is 12.3 Å². The van der Waals surface area contributed by atoms with E-state index in [-0.39, 0.29) is 0 Å². The smallest absolute Gasteiger partial charge is 0.0415 e. The summed E-state index contributed by atoms with van der Waals surface area (Å²) in [4.78, 5) is 1.31. The molecule has 0 aliphatic carbocycles. The molecule has 1 unspecified atom stereocenters. The second-order valence-electron chi connectivity index (χ2n) is 5.19. The van der Waals surface area contributed by atoms with Gasteiger partial charge in [0.05, 0.1) is 0 Å². The van der Waals surface area contributed by atoms with Crippen molar-refractivity contribution in [3.8, 4) is 0 Å². The molecule has 0 saturated heterocycles. The summed E-state index contributed by atoms with van der Waals surface area (Å²) < 4.78 is 0. The largest absolute Gasteiger partial charge is 0.309 e. The Balaban J connectivity index is 2.04. The average Bonchev–Trinajstić information content (AvgIpc) is 2.49. The minimum atomic E-state index is 0.329. The molecule has 0 aliphatic heterocycles. The fourth-order valence-electron chi connectivity index (χ4n) is 2.13. The Hall–Kier alpha value is -0.960. The van der Waals surface area contributed by atoms with E-state index in [0.717, 1.165) is 23.7 Å². The molecule has 2 aromatic rings. The molecule has 0 aliphatic rings. The molecule has 2 rings (SSSR count). The van der Waals surface area contributed by atoms with E-state index in [1.807, 2.05) is 23.9 Å². The molecule has 0 saturated carbocycles. The van der Waals surface area contributed by atoms with E-state index in [2.05, 4.69) is 55.6 Å². The van der Waals surface area contributed by atoms with Gasteiger partial charge in [-0.1, -0.05) is 48.4 Å². The van der Waals surface area contributed by atoms with E-state index in [9.17, 15) is 0 Å². The molecular formula is C18H22ClNS. The van der Waals surface area contributed by atoms with Gasteiger partial charge in [0.1, 0.15) is 0 Å². The molecule has 0 radical (unpaired) electrons. The van der Waals surface area contributed by atoms with Crippen LogP contribution in [0.15, 0.2) is 53.4 Å². The Kier molecular flexibility index (Phi) is 6.62. The van der Waals surface area contributed by atoms with Gasteiger partial charge in [0.25, 0.3) is 0 Å². The van der Waals surface area contributed by atoms with Crippen molar-refractivity contribution in [2.24, 2.45) is 0 Å². The van der Waals surface area contributed by atoms with Crippen LogP contribution < -0.4 is 5.32 Å². The van der Waals surface area contributed by atoms with Crippen LogP contribution in [0.2, 0.25) is 5.02 Å². The van der Waals surface area contributed by atoms with Crippen LogP contribution in [-0.4, -0.2) is 12.3 Å². The summed E-state index contributed by atoms with van der Waals surface area (Å²) in [6.45, 7) is 5.33. The molecule has 3 heteroatoms. The minimum Gasteiger partial charge on any atom is -0.309 e. The van der Waals surface area contributed by atoms with E-state index in [4.69, 9.17) is 11.6 Å². The Morgan fingerprint density at radius 3 is 2.57 bits per heavy atom. The first-order valence-electron chi connectivity index (χ1n) is 7.37. The summed E-state index contributed by atoms with van der Waals surface area (Å²) in [5.41, 5.74) is 2.56. The van der Waals surface area contributed by atoms with Crippen LogP contribution in [0.1, 0.15) is 30.5 Å². The standard InChI is InChI=1S/C18H22ClNS/c1-3-11-20-18(15-5-4-6-16(19)12-15)13-21-17-9-7-14(2)8-10-17/h4-10,12,18,20H,3,11,13H2,1-2H3. The van der Waals surface area contributed by atoms with Gasteiger partial charge < -0.3 is 5.32 Å². The first-order valence-corrected chi connectivity index (χ1v) is 8.73. The van der Waals surface area contributed by atoms with Crippen LogP contribution in [-0.2, 0) is 0 Å². The van der Waals surface area contributed by atoms with Crippen molar-refractivity contribution in [3.63, 3.8) is 0 Å². The Morgan fingerprint density at radius 1 is 1.14 bits per heavy atom. The lowest BCUT2D eigenvalue weighted by atomic mass is 10.1. The lowest BCUT2D eigenvalue weighted by Gasteiger charge is -2.19. The van der Waals surface area contributed by atoms with Gasteiger partial charge in [0.2, 0.25) is 0 Å². The molecular weight excluding hydrogens is 298 g/mol. The highest BCUT2D eigenvalue weighted by Gasteiger charge is 2.11. The zero-order chi connectivity index (χ0) is 15.1. The van der Waals surface area contributed by atoms with Gasteiger partial charge in [0, 0.05) is 21.7 Å². The quantitative estimate of drug-likeness (QED) is 0.678. The summed E-state index contributed by atoms with van der Waals surface area (Å²) in [5.74, 6) is 1.00. The van der Waals surface area contributed by atoms with Crippen LogP contribution in [0.3, 0.4) is 0 Å². The Bertz CT molecular complexity index is 553. The van der Waals surface area contributed by atoms with E-state index in [1.165, 1.54) is 16.0 Å². The highest BCUT2D eigenvalue weighted by atomic mass is 35.5. The van der Waals surface area contributed by atoms with Crippen molar-refractivity contribution in [1.29, 1.82) is 0 Å². The van der Waals surface area contributed by atoms with Crippen LogP contribution in [0, 0.1) is 6.92 Å². The Morgan fingerprint density at radius 2 is 1.90 bits per heavy atom. The van der Waals surface area contributed by atoms with E-state index >= 15 is 0 Å².